The molecule has 2 rings (SSSR count). The van der Waals surface area contributed by atoms with Crippen molar-refractivity contribution in [3.63, 3.8) is 0 Å². The fourth-order valence-corrected chi connectivity index (χ4v) is 4.48. The Morgan fingerprint density at radius 3 is 2.58 bits per heavy atom. The number of carbonyl (C=O) groups excluding carboxylic acids is 1. The molecule has 36 heavy (non-hydrogen) atoms. The number of benzene rings is 1. The minimum absolute atomic E-state index is 0.124. The van der Waals surface area contributed by atoms with E-state index in [0.717, 1.165) is 38.5 Å². The molecule has 1 aliphatic carbocycles. The minimum atomic E-state index is -0.813. The lowest BCUT2D eigenvalue weighted by Crippen LogP contribution is -2.33. The summed E-state index contributed by atoms with van der Waals surface area (Å²) in [5, 5.41) is 0. The molecule has 0 N–H and O–H groups in total. The van der Waals surface area contributed by atoms with Gasteiger partial charge in [-0.05, 0) is 83.8 Å². The maximum Gasteiger partial charge on any atom is 0.339 e. The quantitative estimate of drug-likeness (QED) is 0.0968. The van der Waals surface area contributed by atoms with Crippen LogP contribution in [0.3, 0.4) is 0 Å². The molecule has 1 aliphatic rings. The van der Waals surface area contributed by atoms with E-state index in [9.17, 15) is 4.79 Å². The molecule has 0 spiro atoms. The molecule has 0 aromatic heterocycles. The highest BCUT2D eigenvalue weighted by Crippen LogP contribution is 2.35. The number of carbonyl (C=O) groups is 1. The van der Waals surface area contributed by atoms with Gasteiger partial charge in [0.15, 0.2) is 11.7 Å². The van der Waals surface area contributed by atoms with E-state index in [1.54, 1.807) is 12.1 Å². The lowest BCUT2D eigenvalue weighted by Gasteiger charge is -2.32. The van der Waals surface area contributed by atoms with Crippen LogP contribution in [-0.4, -0.2) is 24.3 Å². The number of ether oxygens (including phenoxy) is 1. The van der Waals surface area contributed by atoms with Gasteiger partial charge in [-0.25, -0.2) is 14.6 Å². The van der Waals surface area contributed by atoms with Crippen LogP contribution in [0.5, 0.6) is 0 Å². The van der Waals surface area contributed by atoms with Crippen LogP contribution in [-0.2, 0) is 14.5 Å². The summed E-state index contributed by atoms with van der Waals surface area (Å²) in [7, 11) is 0. The van der Waals surface area contributed by atoms with Gasteiger partial charge in [-0.1, -0.05) is 80.5 Å². The molecular weight excluding hydrogens is 448 g/mol. The molecule has 0 heterocycles. The van der Waals surface area contributed by atoms with Gasteiger partial charge in [-0.3, -0.25) is 0 Å². The monoisotopic (exact) mass is 494 g/mol. The molecule has 4 atom stereocenters. The van der Waals surface area contributed by atoms with E-state index in [1.165, 1.54) is 11.1 Å². The van der Waals surface area contributed by atoms with Gasteiger partial charge in [0.1, 0.15) is 0 Å². The smallest absolute Gasteiger partial charge is 0.339 e. The molecule has 0 saturated heterocycles. The first kappa shape index (κ1) is 29.9. The second-order valence-corrected chi connectivity index (χ2v) is 11.0. The van der Waals surface area contributed by atoms with Gasteiger partial charge in [0.2, 0.25) is 0 Å². The van der Waals surface area contributed by atoms with Crippen molar-refractivity contribution in [2.45, 2.75) is 98.7 Å². The zero-order chi connectivity index (χ0) is 26.6. The van der Waals surface area contributed by atoms with Crippen molar-refractivity contribution in [1.82, 2.24) is 0 Å². The number of rotatable bonds is 12. The van der Waals surface area contributed by atoms with Crippen LogP contribution in [0.25, 0.3) is 0 Å². The summed E-state index contributed by atoms with van der Waals surface area (Å²) in [6.45, 7) is 15.1. The summed E-state index contributed by atoms with van der Waals surface area (Å²) in [5.74, 6) is 7.02. The summed E-state index contributed by atoms with van der Waals surface area (Å²) in [6.07, 6.45) is 10.3. The third-order valence-corrected chi connectivity index (χ3v) is 6.56. The average molecular weight is 495 g/mol. The number of hydrogen-bond acceptors (Lipinski definition) is 4. The second-order valence-electron chi connectivity index (χ2n) is 11.0. The van der Waals surface area contributed by atoms with Crippen molar-refractivity contribution in [3.05, 3.63) is 59.2 Å². The first-order valence-corrected chi connectivity index (χ1v) is 13.5. The van der Waals surface area contributed by atoms with Crippen LogP contribution in [0.15, 0.2) is 53.6 Å². The van der Waals surface area contributed by atoms with Gasteiger partial charge in [-0.2, -0.15) is 0 Å². The van der Waals surface area contributed by atoms with Gasteiger partial charge >= 0.3 is 5.97 Å². The van der Waals surface area contributed by atoms with E-state index in [4.69, 9.17) is 14.5 Å². The predicted molar refractivity (Wildman–Crippen MR) is 147 cm³/mol. The van der Waals surface area contributed by atoms with Crippen LogP contribution >= 0.6 is 0 Å². The summed E-state index contributed by atoms with van der Waals surface area (Å²) >= 11 is 0. The maximum atomic E-state index is 12.9. The highest BCUT2D eigenvalue weighted by atomic mass is 17.2. The van der Waals surface area contributed by atoms with E-state index < -0.39 is 11.7 Å². The molecule has 4 nitrogen and oxygen atoms in total. The fraction of sp³-hybridized carbons (Fsp3) is 0.594. The third-order valence-electron chi connectivity index (χ3n) is 6.56. The van der Waals surface area contributed by atoms with Crippen molar-refractivity contribution < 1.29 is 19.3 Å². The first-order chi connectivity index (χ1) is 17.1. The SMILES string of the molecule is CCCC(C)COOC(C)(C)C#CC(OC(=O)c1ccccc1)C1CC=C(CCC=C(C)C)CC1C. The van der Waals surface area contributed by atoms with Crippen LogP contribution in [0.1, 0.15) is 97.3 Å². The van der Waals surface area contributed by atoms with Gasteiger partial charge in [0, 0.05) is 5.92 Å². The molecule has 1 aromatic carbocycles. The van der Waals surface area contributed by atoms with Crippen molar-refractivity contribution in [1.29, 1.82) is 0 Å². The summed E-state index contributed by atoms with van der Waals surface area (Å²) < 4.78 is 6.02. The first-order valence-electron chi connectivity index (χ1n) is 13.5. The zero-order valence-electron chi connectivity index (χ0n) is 23.4. The maximum absolute atomic E-state index is 12.9. The van der Waals surface area contributed by atoms with Crippen LogP contribution in [0.2, 0.25) is 0 Å². The second kappa shape index (κ2) is 15.0. The van der Waals surface area contributed by atoms with E-state index in [1.807, 2.05) is 32.0 Å². The van der Waals surface area contributed by atoms with Crippen molar-refractivity contribution in [2.75, 3.05) is 6.61 Å². The molecule has 4 unspecified atom stereocenters. The van der Waals surface area contributed by atoms with Crippen LogP contribution in [0.4, 0.5) is 0 Å². The van der Waals surface area contributed by atoms with Crippen LogP contribution in [0, 0.1) is 29.6 Å². The minimum Gasteiger partial charge on any atom is -0.445 e. The Balaban J connectivity index is 2.15. The van der Waals surface area contributed by atoms with Gasteiger partial charge < -0.3 is 4.74 Å². The molecule has 1 aromatic rings. The van der Waals surface area contributed by atoms with E-state index in [0.29, 0.717) is 24.0 Å². The van der Waals surface area contributed by atoms with E-state index in [2.05, 4.69) is 58.6 Å². The Kier molecular flexibility index (Phi) is 12.5. The molecule has 0 fully saturated rings. The van der Waals surface area contributed by atoms with Crippen molar-refractivity contribution in [2.24, 2.45) is 17.8 Å². The molecule has 0 aliphatic heterocycles. The molecule has 0 saturated carbocycles. The fourth-order valence-electron chi connectivity index (χ4n) is 4.48. The third kappa shape index (κ3) is 10.7. The van der Waals surface area contributed by atoms with Gasteiger partial charge in [0.25, 0.3) is 0 Å². The van der Waals surface area contributed by atoms with Crippen molar-refractivity contribution in [3.8, 4) is 11.8 Å². The Bertz CT molecular complexity index is 928. The Hall–Kier alpha value is -2.35. The average Bonchev–Trinajstić information content (AvgIpc) is 2.82. The topological polar surface area (TPSA) is 44.8 Å². The largest absolute Gasteiger partial charge is 0.445 e. The highest BCUT2D eigenvalue weighted by molar-refractivity contribution is 5.89. The molecular formula is C32H46O4. The summed E-state index contributed by atoms with van der Waals surface area (Å²) in [5.41, 5.74) is 2.56. The lowest BCUT2D eigenvalue weighted by atomic mass is 9.76. The lowest BCUT2D eigenvalue weighted by molar-refractivity contribution is -0.342. The normalized spacial score (nSPS) is 19.4. The number of hydrogen-bond donors (Lipinski definition) is 0. The van der Waals surface area contributed by atoms with Gasteiger partial charge in [-0.15, -0.1) is 0 Å². The Morgan fingerprint density at radius 2 is 1.94 bits per heavy atom. The molecule has 0 radical (unpaired) electrons. The molecule has 198 valence electrons. The van der Waals surface area contributed by atoms with E-state index in [-0.39, 0.29) is 11.9 Å². The standard InChI is InChI=1S/C32H46O4/c1-8-13-25(4)23-34-36-32(6,7)21-20-30(35-31(33)28-16-10-9-11-17-28)29-19-18-27(22-26(29)5)15-12-14-24(2)3/h9-11,14,16-18,25-26,29-30H,8,12-13,15,19,22-23H2,1-7H3. The number of esters is 1. The Labute approximate surface area is 219 Å². The van der Waals surface area contributed by atoms with Gasteiger partial charge in [0.05, 0.1) is 12.2 Å². The highest BCUT2D eigenvalue weighted by Gasteiger charge is 2.32. The zero-order valence-corrected chi connectivity index (χ0v) is 23.4. The summed E-state index contributed by atoms with van der Waals surface area (Å²) in [6, 6.07) is 9.12. The molecule has 4 heteroatoms. The molecule has 0 amide bonds. The summed E-state index contributed by atoms with van der Waals surface area (Å²) in [4.78, 5) is 24.1. The van der Waals surface area contributed by atoms with Crippen LogP contribution < -0.4 is 0 Å². The number of allylic oxidation sites excluding steroid dienone is 4. The predicted octanol–water partition coefficient (Wildman–Crippen LogP) is 8.10. The van der Waals surface area contributed by atoms with E-state index >= 15 is 0 Å². The van der Waals surface area contributed by atoms with Crippen molar-refractivity contribution >= 4 is 5.97 Å². The Morgan fingerprint density at radius 1 is 1.22 bits per heavy atom. The molecule has 0 bridgehead atoms.